The van der Waals surface area contributed by atoms with Crippen molar-refractivity contribution >= 4 is 35.1 Å². The van der Waals surface area contributed by atoms with Crippen molar-refractivity contribution in [1.29, 1.82) is 0 Å². The van der Waals surface area contributed by atoms with Gasteiger partial charge in [0.2, 0.25) is 0 Å². The molecule has 0 saturated heterocycles. The molecule has 208 valence electrons. The number of allylic oxidation sites excluding steroid dienone is 1. The van der Waals surface area contributed by atoms with E-state index in [1.54, 1.807) is 0 Å². The van der Waals surface area contributed by atoms with Gasteiger partial charge in [-0.05, 0) is 110 Å². The molecule has 4 aliphatic rings. The lowest BCUT2D eigenvalue weighted by Gasteiger charge is -2.45. The Kier molecular flexibility index (Phi) is 7.89. The number of nitrogens with one attached hydrogen (secondary N) is 1. The minimum atomic E-state index is -0.415. The predicted molar refractivity (Wildman–Crippen MR) is 160 cm³/mol. The third-order valence-corrected chi connectivity index (χ3v) is 10.7. The first-order chi connectivity index (χ1) is 19.0. The number of nitrogens with zero attached hydrogens (tertiary/aromatic N) is 1. The van der Waals surface area contributed by atoms with E-state index in [4.69, 9.17) is 16.3 Å². The SMILES string of the molecule is CC[C@@H]1C/C=C/[C@H](O)[C@@H]2CC[C@H]2CN2C[C@@]3(CCCc4cc(Cl)ccc43)COc3ccc(cc32)C(=O)NSC1. The number of aliphatic hydroxyl groups is 1. The lowest BCUT2D eigenvalue weighted by atomic mass is 9.68. The molecule has 2 heterocycles. The summed E-state index contributed by atoms with van der Waals surface area (Å²) in [6, 6.07) is 12.2. The van der Waals surface area contributed by atoms with Crippen molar-refractivity contribution < 1.29 is 14.6 Å². The molecule has 0 radical (unpaired) electrons. The molecule has 0 aromatic heterocycles. The van der Waals surface area contributed by atoms with Gasteiger partial charge in [0, 0.05) is 34.8 Å². The monoisotopic (exact) mass is 566 g/mol. The molecule has 1 spiro atoms. The molecule has 2 aliphatic carbocycles. The van der Waals surface area contributed by atoms with Gasteiger partial charge in [0.15, 0.2) is 0 Å². The number of hydrogen-bond donors (Lipinski definition) is 2. The first-order valence-corrected chi connectivity index (χ1v) is 15.9. The summed E-state index contributed by atoms with van der Waals surface area (Å²) < 4.78 is 9.65. The van der Waals surface area contributed by atoms with Crippen LogP contribution < -0.4 is 14.4 Å². The molecule has 2 aromatic rings. The van der Waals surface area contributed by atoms with Crippen LogP contribution in [0.15, 0.2) is 48.6 Å². The van der Waals surface area contributed by atoms with E-state index in [-0.39, 0.29) is 17.2 Å². The number of hydrogen-bond acceptors (Lipinski definition) is 5. The van der Waals surface area contributed by atoms with Crippen LogP contribution in [0.4, 0.5) is 5.69 Å². The summed E-state index contributed by atoms with van der Waals surface area (Å²) in [6.07, 6.45) is 11.1. The van der Waals surface area contributed by atoms with Crippen molar-refractivity contribution in [2.24, 2.45) is 17.8 Å². The first kappa shape index (κ1) is 27.0. The standard InChI is InChI=1S/C32H39ClN2O3S/c1-2-21-5-3-7-29(36)26-11-8-24(26)17-35-19-32(14-4-6-22-15-25(33)10-12-27(22)32)20-38-30-13-9-23(16-28(30)35)31(37)34-39-18-21/h3,7,9-10,12-13,15-16,21,24,26,29,36H,2,4-6,8,11,14,17-20H2,1H3,(H,34,37)/b7-3+/t21-,24+,26-,29+,32+/m1/s1. The summed E-state index contributed by atoms with van der Waals surface area (Å²) in [6.45, 7) is 4.45. The summed E-state index contributed by atoms with van der Waals surface area (Å²) in [5.74, 6) is 2.74. The first-order valence-electron chi connectivity index (χ1n) is 14.5. The van der Waals surface area contributed by atoms with Crippen LogP contribution in [0.5, 0.6) is 5.75 Å². The predicted octanol–water partition coefficient (Wildman–Crippen LogP) is 6.56. The Morgan fingerprint density at radius 1 is 1.23 bits per heavy atom. The fourth-order valence-corrected chi connectivity index (χ4v) is 8.13. The van der Waals surface area contributed by atoms with E-state index in [1.807, 2.05) is 30.3 Å². The smallest absolute Gasteiger partial charge is 0.261 e. The number of rotatable bonds is 1. The van der Waals surface area contributed by atoms with Gasteiger partial charge in [-0.2, -0.15) is 0 Å². The third-order valence-electron chi connectivity index (χ3n) is 9.53. The fourth-order valence-electron chi connectivity index (χ4n) is 7.00. The van der Waals surface area contributed by atoms with Crippen LogP contribution in [-0.2, 0) is 11.8 Å². The zero-order valence-corrected chi connectivity index (χ0v) is 24.3. The number of aryl methyl sites for hydroxylation is 1. The van der Waals surface area contributed by atoms with Gasteiger partial charge in [-0.3, -0.25) is 9.52 Å². The van der Waals surface area contributed by atoms with Crippen LogP contribution in [0, 0.1) is 17.8 Å². The second-order valence-corrected chi connectivity index (χ2v) is 13.2. The van der Waals surface area contributed by atoms with Gasteiger partial charge in [0.1, 0.15) is 5.75 Å². The Morgan fingerprint density at radius 2 is 2.13 bits per heavy atom. The number of aliphatic hydroxyl groups excluding tert-OH is 1. The van der Waals surface area contributed by atoms with E-state index < -0.39 is 6.10 Å². The van der Waals surface area contributed by atoms with Crippen LogP contribution in [0.2, 0.25) is 5.02 Å². The van der Waals surface area contributed by atoms with Gasteiger partial charge >= 0.3 is 0 Å². The Bertz CT molecular complexity index is 1250. The molecule has 1 saturated carbocycles. The zero-order chi connectivity index (χ0) is 27.0. The molecule has 2 aromatic carbocycles. The summed E-state index contributed by atoms with van der Waals surface area (Å²) >= 11 is 7.88. The zero-order valence-electron chi connectivity index (χ0n) is 22.7. The van der Waals surface area contributed by atoms with Gasteiger partial charge in [0.25, 0.3) is 5.91 Å². The minimum absolute atomic E-state index is 0.0613. The van der Waals surface area contributed by atoms with Crippen LogP contribution in [0.3, 0.4) is 0 Å². The van der Waals surface area contributed by atoms with Gasteiger partial charge in [-0.15, -0.1) is 0 Å². The van der Waals surface area contributed by atoms with Crippen molar-refractivity contribution in [2.45, 2.75) is 63.4 Å². The Morgan fingerprint density at radius 3 is 2.95 bits per heavy atom. The average Bonchev–Trinajstić information content (AvgIpc) is 3.06. The highest BCUT2D eigenvalue weighted by atomic mass is 35.5. The molecule has 1 fully saturated rings. The van der Waals surface area contributed by atoms with Crippen molar-refractivity contribution in [3.05, 3.63) is 70.3 Å². The van der Waals surface area contributed by atoms with Crippen LogP contribution in [0.25, 0.3) is 0 Å². The second-order valence-electron chi connectivity index (χ2n) is 12.0. The molecule has 1 amide bonds. The maximum atomic E-state index is 13.2. The summed E-state index contributed by atoms with van der Waals surface area (Å²) in [5, 5.41) is 11.9. The fraction of sp³-hybridized carbons (Fsp3) is 0.531. The van der Waals surface area contributed by atoms with E-state index in [9.17, 15) is 9.90 Å². The molecule has 0 unspecified atom stereocenters. The van der Waals surface area contributed by atoms with E-state index >= 15 is 0 Å². The molecule has 39 heavy (non-hydrogen) atoms. The maximum absolute atomic E-state index is 13.2. The van der Waals surface area contributed by atoms with Gasteiger partial charge in [0.05, 0.1) is 18.4 Å². The molecule has 2 bridgehead atoms. The molecule has 7 heteroatoms. The molecule has 5 nitrogen and oxygen atoms in total. The van der Waals surface area contributed by atoms with Crippen molar-refractivity contribution in [3.8, 4) is 5.75 Å². The average molecular weight is 567 g/mol. The maximum Gasteiger partial charge on any atom is 0.261 e. The number of carbonyl (C=O) groups excluding carboxylic acids is 1. The molecular formula is C32H39ClN2O3S. The molecule has 6 rings (SSSR count). The normalized spacial score (nSPS) is 31.7. The molecule has 2 aliphatic heterocycles. The summed E-state index contributed by atoms with van der Waals surface area (Å²) in [7, 11) is 0. The third kappa shape index (κ3) is 5.45. The number of ether oxygens (including phenoxy) is 1. The van der Waals surface area contributed by atoms with Gasteiger partial charge in [-0.25, -0.2) is 0 Å². The lowest BCUT2D eigenvalue weighted by molar-refractivity contribution is 0.0456. The van der Waals surface area contributed by atoms with Gasteiger partial charge in [-0.1, -0.05) is 43.2 Å². The van der Waals surface area contributed by atoms with Crippen molar-refractivity contribution in [1.82, 2.24) is 4.72 Å². The van der Waals surface area contributed by atoms with E-state index in [0.29, 0.717) is 24.0 Å². The van der Waals surface area contributed by atoms with E-state index in [2.05, 4.69) is 34.8 Å². The Hall–Kier alpha value is -2.15. The van der Waals surface area contributed by atoms with E-state index in [1.165, 1.54) is 23.1 Å². The highest BCUT2D eigenvalue weighted by Gasteiger charge is 2.44. The Balaban J connectivity index is 1.38. The van der Waals surface area contributed by atoms with Crippen molar-refractivity contribution in [2.75, 3.05) is 30.3 Å². The van der Waals surface area contributed by atoms with Crippen molar-refractivity contribution in [3.63, 3.8) is 0 Å². The topological polar surface area (TPSA) is 61.8 Å². The molecule has 2 N–H and O–H groups in total. The number of benzene rings is 2. The highest BCUT2D eigenvalue weighted by molar-refractivity contribution is 7.97. The minimum Gasteiger partial charge on any atom is -0.490 e. The number of amides is 1. The molecule has 5 atom stereocenters. The highest BCUT2D eigenvalue weighted by Crippen LogP contribution is 2.46. The summed E-state index contributed by atoms with van der Waals surface area (Å²) in [5.41, 5.74) is 4.16. The number of anilines is 1. The lowest BCUT2D eigenvalue weighted by Crippen LogP contribution is -2.49. The number of carbonyl (C=O) groups is 1. The van der Waals surface area contributed by atoms with Crippen LogP contribution >= 0.6 is 23.5 Å². The van der Waals surface area contributed by atoms with Crippen LogP contribution in [0.1, 0.15) is 66.9 Å². The number of fused-ring (bicyclic) bond motifs is 4. The van der Waals surface area contributed by atoms with E-state index in [0.717, 1.165) is 80.2 Å². The summed E-state index contributed by atoms with van der Waals surface area (Å²) in [4.78, 5) is 15.6. The second kappa shape index (κ2) is 11.4. The van der Waals surface area contributed by atoms with Crippen LogP contribution in [-0.4, -0.2) is 42.6 Å². The molecular weight excluding hydrogens is 528 g/mol. The largest absolute Gasteiger partial charge is 0.490 e. The number of halogens is 1. The van der Waals surface area contributed by atoms with Gasteiger partial charge < -0.3 is 14.7 Å². The quantitative estimate of drug-likeness (QED) is 0.302. The Labute approximate surface area is 241 Å².